The first-order valence-corrected chi connectivity index (χ1v) is 9.02. The Hall–Kier alpha value is -1.90. The maximum Gasteiger partial charge on any atom is 0.162 e. The van der Waals surface area contributed by atoms with Gasteiger partial charge in [-0.1, -0.05) is 32.1 Å². The van der Waals surface area contributed by atoms with Crippen LogP contribution in [-0.4, -0.2) is 45.2 Å². The van der Waals surface area contributed by atoms with E-state index in [1.54, 1.807) is 0 Å². The number of hydrogen-bond acceptors (Lipinski definition) is 4. The molecule has 5 nitrogen and oxygen atoms in total. The van der Waals surface area contributed by atoms with Crippen LogP contribution in [0.2, 0.25) is 0 Å². The lowest BCUT2D eigenvalue weighted by atomic mass is 9.85. The molecule has 3 rings (SSSR count). The Kier molecular flexibility index (Phi) is 5.49. The summed E-state index contributed by atoms with van der Waals surface area (Å²) in [5.41, 5.74) is 7.99. The first-order chi connectivity index (χ1) is 11.7. The van der Waals surface area contributed by atoms with Crippen molar-refractivity contribution in [2.45, 2.75) is 51.5 Å². The molecule has 0 bridgehead atoms. The second kappa shape index (κ2) is 7.78. The van der Waals surface area contributed by atoms with E-state index in [1.165, 1.54) is 6.42 Å². The number of nitrogens with two attached hydrogens (primary N) is 1. The van der Waals surface area contributed by atoms with E-state index in [0.717, 1.165) is 55.9 Å². The third-order valence-corrected chi connectivity index (χ3v) is 4.95. The van der Waals surface area contributed by atoms with Crippen LogP contribution in [0.15, 0.2) is 18.3 Å². The van der Waals surface area contributed by atoms with Crippen molar-refractivity contribution in [2.24, 2.45) is 5.73 Å². The van der Waals surface area contributed by atoms with Crippen molar-refractivity contribution in [3.05, 3.63) is 29.7 Å². The molecule has 2 aromatic rings. The zero-order chi connectivity index (χ0) is 16.9. The topological polar surface area (TPSA) is 59.5 Å². The van der Waals surface area contributed by atoms with Crippen LogP contribution in [0.25, 0.3) is 5.65 Å². The van der Waals surface area contributed by atoms with Gasteiger partial charge in [0.05, 0.1) is 6.54 Å². The van der Waals surface area contributed by atoms with Gasteiger partial charge in [0.25, 0.3) is 0 Å². The van der Waals surface area contributed by atoms with Crippen molar-refractivity contribution in [1.29, 1.82) is 0 Å². The molecule has 0 aliphatic heterocycles. The highest BCUT2D eigenvalue weighted by atomic mass is 15.2. The lowest BCUT2D eigenvalue weighted by Gasteiger charge is -2.25. The Morgan fingerprint density at radius 2 is 2.12 bits per heavy atom. The summed E-state index contributed by atoms with van der Waals surface area (Å²) in [6.45, 7) is 7.18. The summed E-state index contributed by atoms with van der Waals surface area (Å²) in [6.07, 6.45) is 6.51. The van der Waals surface area contributed by atoms with E-state index in [0.29, 0.717) is 12.0 Å². The van der Waals surface area contributed by atoms with E-state index in [2.05, 4.69) is 51.3 Å². The van der Waals surface area contributed by atoms with Gasteiger partial charge in [-0.15, -0.1) is 10.2 Å². The third-order valence-electron chi connectivity index (χ3n) is 4.95. The minimum absolute atomic E-state index is 0.293. The van der Waals surface area contributed by atoms with Gasteiger partial charge in [-0.3, -0.25) is 9.30 Å². The first kappa shape index (κ1) is 16.9. The highest BCUT2D eigenvalue weighted by Crippen LogP contribution is 2.31. The Bertz CT molecular complexity index is 735. The smallest absolute Gasteiger partial charge is 0.162 e. The largest absolute Gasteiger partial charge is 0.328 e. The van der Waals surface area contributed by atoms with E-state index >= 15 is 0 Å². The van der Waals surface area contributed by atoms with E-state index < -0.39 is 0 Å². The maximum absolute atomic E-state index is 6.12. The summed E-state index contributed by atoms with van der Waals surface area (Å²) >= 11 is 0. The molecule has 0 spiro atoms. The van der Waals surface area contributed by atoms with Crippen LogP contribution in [-0.2, 0) is 0 Å². The Labute approximate surface area is 144 Å². The highest BCUT2D eigenvalue weighted by molar-refractivity contribution is 5.47. The molecule has 1 aliphatic rings. The number of fused-ring (bicyclic) bond motifs is 1. The van der Waals surface area contributed by atoms with E-state index in [9.17, 15) is 0 Å². The highest BCUT2D eigenvalue weighted by Gasteiger charge is 2.24. The monoisotopic (exact) mass is 325 g/mol. The van der Waals surface area contributed by atoms with Crippen molar-refractivity contribution >= 4 is 5.65 Å². The molecule has 0 amide bonds. The number of hydrogen-bond donors (Lipinski definition) is 1. The number of nitrogens with zero attached hydrogens (tertiary/aromatic N) is 4. The SMILES string of the molecule is CCN(CC)CC#Cc1ccn2c(C3CCCC(N)C3)nnc2c1. The molecule has 2 unspecified atom stereocenters. The van der Waals surface area contributed by atoms with E-state index in [-0.39, 0.29) is 0 Å². The van der Waals surface area contributed by atoms with Crippen LogP contribution in [0.5, 0.6) is 0 Å². The fourth-order valence-corrected chi connectivity index (χ4v) is 3.43. The average molecular weight is 325 g/mol. The van der Waals surface area contributed by atoms with Crippen molar-refractivity contribution in [2.75, 3.05) is 19.6 Å². The second-order valence-corrected chi connectivity index (χ2v) is 6.59. The molecule has 1 fully saturated rings. The standard InChI is InChI=1S/C19H27N5/c1-3-23(4-2)11-6-7-15-10-12-24-18(13-15)21-22-19(24)16-8-5-9-17(20)14-16/h10,12-13,16-17H,3-5,8-9,11,14,20H2,1-2H3. The summed E-state index contributed by atoms with van der Waals surface area (Å²) < 4.78 is 2.10. The lowest BCUT2D eigenvalue weighted by molar-refractivity contribution is 0.342. The molecule has 2 heterocycles. The van der Waals surface area contributed by atoms with Crippen molar-refractivity contribution < 1.29 is 0 Å². The van der Waals surface area contributed by atoms with Gasteiger partial charge < -0.3 is 5.73 Å². The zero-order valence-electron chi connectivity index (χ0n) is 14.7. The number of rotatable bonds is 4. The van der Waals surface area contributed by atoms with Gasteiger partial charge in [0.1, 0.15) is 5.82 Å². The summed E-state index contributed by atoms with van der Waals surface area (Å²) in [5, 5.41) is 8.78. The molecule has 0 aromatic carbocycles. The van der Waals surface area contributed by atoms with Crippen molar-refractivity contribution in [3.63, 3.8) is 0 Å². The van der Waals surface area contributed by atoms with Gasteiger partial charge >= 0.3 is 0 Å². The molecule has 2 N–H and O–H groups in total. The van der Waals surface area contributed by atoms with Crippen molar-refractivity contribution in [1.82, 2.24) is 19.5 Å². The molecule has 1 saturated carbocycles. The second-order valence-electron chi connectivity index (χ2n) is 6.59. The Balaban J connectivity index is 1.77. The van der Waals surface area contributed by atoms with Gasteiger partial charge in [-0.05, 0) is 44.5 Å². The van der Waals surface area contributed by atoms with Crippen LogP contribution in [0.3, 0.4) is 0 Å². The minimum Gasteiger partial charge on any atom is -0.328 e. The van der Waals surface area contributed by atoms with Crippen LogP contribution in [0.4, 0.5) is 0 Å². The summed E-state index contributed by atoms with van der Waals surface area (Å²) in [6, 6.07) is 4.37. The van der Waals surface area contributed by atoms with E-state index in [4.69, 9.17) is 5.73 Å². The molecule has 5 heteroatoms. The molecule has 0 radical (unpaired) electrons. The molecule has 128 valence electrons. The van der Waals surface area contributed by atoms with Gasteiger partial charge in [0.2, 0.25) is 0 Å². The predicted molar refractivity (Wildman–Crippen MR) is 96.8 cm³/mol. The van der Waals surface area contributed by atoms with Crippen LogP contribution in [0.1, 0.15) is 56.8 Å². The Morgan fingerprint density at radius 3 is 2.88 bits per heavy atom. The molecule has 2 aromatic heterocycles. The predicted octanol–water partition coefficient (Wildman–Crippen LogP) is 2.41. The van der Waals surface area contributed by atoms with Crippen molar-refractivity contribution in [3.8, 4) is 11.8 Å². The number of pyridine rings is 1. The number of aromatic nitrogens is 3. The minimum atomic E-state index is 0.293. The molecule has 0 saturated heterocycles. The van der Waals surface area contributed by atoms with Gasteiger partial charge in [0, 0.05) is 23.7 Å². The van der Waals surface area contributed by atoms with Gasteiger partial charge in [-0.2, -0.15) is 0 Å². The van der Waals surface area contributed by atoms with Crippen LogP contribution >= 0.6 is 0 Å². The fraction of sp³-hybridized carbons (Fsp3) is 0.579. The quantitative estimate of drug-likeness (QED) is 0.877. The average Bonchev–Trinajstić information content (AvgIpc) is 3.02. The molecule has 2 atom stereocenters. The maximum atomic E-state index is 6.12. The molecule has 1 aliphatic carbocycles. The first-order valence-electron chi connectivity index (χ1n) is 9.02. The molecular weight excluding hydrogens is 298 g/mol. The zero-order valence-corrected chi connectivity index (χ0v) is 14.7. The normalized spacial score (nSPS) is 21.0. The lowest BCUT2D eigenvalue weighted by Crippen LogP contribution is -2.27. The summed E-state index contributed by atoms with van der Waals surface area (Å²) in [7, 11) is 0. The van der Waals surface area contributed by atoms with Gasteiger partial charge in [0.15, 0.2) is 5.65 Å². The van der Waals surface area contributed by atoms with Crippen LogP contribution in [0, 0.1) is 11.8 Å². The third kappa shape index (κ3) is 3.77. The summed E-state index contributed by atoms with van der Waals surface area (Å²) in [5.74, 6) is 7.95. The molecular formula is C19H27N5. The Morgan fingerprint density at radius 1 is 1.29 bits per heavy atom. The molecule has 24 heavy (non-hydrogen) atoms. The fourth-order valence-electron chi connectivity index (χ4n) is 3.43. The van der Waals surface area contributed by atoms with Gasteiger partial charge in [-0.25, -0.2) is 0 Å². The van der Waals surface area contributed by atoms with Crippen LogP contribution < -0.4 is 5.73 Å². The van der Waals surface area contributed by atoms with E-state index in [1.807, 2.05) is 12.3 Å². The summed E-state index contributed by atoms with van der Waals surface area (Å²) in [4.78, 5) is 2.30.